The van der Waals surface area contributed by atoms with E-state index in [1.807, 2.05) is 83.3 Å². The number of nitrogen functional groups attached to an aromatic ring is 3. The Labute approximate surface area is 549 Å². The summed E-state index contributed by atoms with van der Waals surface area (Å²) in [5.74, 6) is 0.583. The largest absolute Gasteiger partial charge is 0.465 e. The van der Waals surface area contributed by atoms with Crippen molar-refractivity contribution < 1.29 is 28.7 Å². The first-order valence-electron chi connectivity index (χ1n) is 29.4. The summed E-state index contributed by atoms with van der Waals surface area (Å²) >= 11 is 8.55. The standard InChI is InChI=1S/C24H24N4O2S2.C23H21N3O3S2.C20H21N5OS2/c1-4-5-9-18(29)21-20(25)19-16(14-7-6-8-15(12-14)24(30)28(2)3)13-17(27-23(19)32-21)22-26-10-11-31-22;1-3-4-8-17(27)20-19(24)18-15(13-6-5-7-14(11-13)23(28)29-2)12-16(26-22(18)31-20)21-25-9-10-30-21;1-4-5-6-15(26)18-17(21)16-12(14-10-23-11(2)25(14)3)9-13(24-20(16)28-18)19-22-7-8-27-19/h6-8,10-13H,4-5,9,25H2,1-3H3;5-7,9-12H,3-4,8,24H2,1-2H3;7-10H,4-6,21H2,1-3H3. The van der Waals surface area contributed by atoms with Crippen molar-refractivity contribution in [1.29, 1.82) is 0 Å². The van der Waals surface area contributed by atoms with Gasteiger partial charge < -0.3 is 31.4 Å². The smallest absolute Gasteiger partial charge is 0.337 e. The van der Waals surface area contributed by atoms with Crippen molar-refractivity contribution in [2.75, 3.05) is 38.4 Å². The number of thiophene rings is 3. The minimum Gasteiger partial charge on any atom is -0.465 e. The minimum absolute atomic E-state index is 0.0346. The average Bonchev–Trinajstić information content (AvgIpc) is 1.70. The highest BCUT2D eigenvalue weighted by atomic mass is 32.1. The molecule has 10 heterocycles. The minimum atomic E-state index is -0.416. The Morgan fingerprint density at radius 3 is 1.27 bits per heavy atom. The van der Waals surface area contributed by atoms with Crippen molar-refractivity contribution in [3.05, 3.63) is 139 Å². The molecule has 12 aromatic rings. The number of anilines is 3. The zero-order valence-electron chi connectivity index (χ0n) is 51.4. The van der Waals surface area contributed by atoms with Gasteiger partial charge >= 0.3 is 5.97 Å². The van der Waals surface area contributed by atoms with Crippen LogP contribution in [-0.2, 0) is 11.8 Å². The number of rotatable bonds is 20. The fourth-order valence-corrected chi connectivity index (χ4v) is 15.2. The Bertz CT molecular complexity index is 4640. The molecule has 0 fully saturated rings. The first-order valence-corrected chi connectivity index (χ1v) is 34.5. The second-order valence-corrected chi connectivity index (χ2v) is 27.1. The molecule has 12 rings (SSSR count). The van der Waals surface area contributed by atoms with Crippen molar-refractivity contribution in [2.24, 2.45) is 7.05 Å². The third-order valence-electron chi connectivity index (χ3n) is 15.0. The van der Waals surface area contributed by atoms with Crippen molar-refractivity contribution in [3.63, 3.8) is 0 Å². The van der Waals surface area contributed by atoms with E-state index in [2.05, 4.69) is 40.7 Å². The van der Waals surface area contributed by atoms with Gasteiger partial charge in [-0.25, -0.2) is 39.7 Å². The van der Waals surface area contributed by atoms with Gasteiger partial charge in [0.15, 0.2) is 17.3 Å². The highest BCUT2D eigenvalue weighted by Crippen LogP contribution is 2.46. The Morgan fingerprint density at radius 2 is 0.923 bits per heavy atom. The number of nitrogens with zero attached hydrogens (tertiary/aromatic N) is 9. The van der Waals surface area contributed by atoms with Gasteiger partial charge in [-0.15, -0.1) is 68.0 Å². The molecule has 0 saturated heterocycles. The third kappa shape index (κ3) is 13.9. The summed E-state index contributed by atoms with van der Waals surface area (Å²) in [6, 6.07) is 20.5. The van der Waals surface area contributed by atoms with Gasteiger partial charge in [0.05, 0.1) is 56.3 Å². The molecule has 0 radical (unpaired) electrons. The number of Topliss-reactive ketones (excluding diaryl/α,β-unsaturated/α-hetero) is 3. The number of esters is 1. The highest BCUT2D eigenvalue weighted by molar-refractivity contribution is 7.22. The van der Waals surface area contributed by atoms with Gasteiger partial charge in [-0.2, -0.15) is 0 Å². The number of hydrogen-bond donors (Lipinski definition) is 3. The summed E-state index contributed by atoms with van der Waals surface area (Å²) in [6.07, 6.45) is 13.9. The predicted molar refractivity (Wildman–Crippen MR) is 374 cm³/mol. The number of carbonyl (C=O) groups is 5. The first kappa shape index (κ1) is 65.2. The number of benzene rings is 2. The van der Waals surface area contributed by atoms with Gasteiger partial charge in [0.1, 0.15) is 52.4 Å². The lowest BCUT2D eigenvalue weighted by atomic mass is 9.98. The molecule has 0 spiro atoms. The Hall–Kier alpha value is -8.78. The monoisotopic (exact) mass is 1330 g/mol. The van der Waals surface area contributed by atoms with Crippen molar-refractivity contribution in [2.45, 2.75) is 85.5 Å². The van der Waals surface area contributed by atoms with Crippen LogP contribution in [0.5, 0.6) is 0 Å². The second kappa shape index (κ2) is 29.0. The zero-order chi connectivity index (χ0) is 64.6. The van der Waals surface area contributed by atoms with Crippen LogP contribution in [0.15, 0.2) is 108 Å². The molecular formula is C67H66N12O6S6. The number of fused-ring (bicyclic) bond motifs is 3. The van der Waals surface area contributed by atoms with E-state index in [-0.39, 0.29) is 23.3 Å². The molecule has 1 amide bonds. The molecular weight excluding hydrogens is 1260 g/mol. The van der Waals surface area contributed by atoms with Gasteiger partial charge in [0, 0.05) is 102 Å². The lowest BCUT2D eigenvalue weighted by Gasteiger charge is -2.12. The number of ketones is 3. The van der Waals surface area contributed by atoms with Crippen LogP contribution in [-0.4, -0.2) is 94.8 Å². The maximum Gasteiger partial charge on any atom is 0.337 e. The lowest BCUT2D eigenvalue weighted by Crippen LogP contribution is -2.21. The number of unbranched alkanes of at least 4 members (excludes halogenated alkanes) is 3. The molecule has 0 aliphatic carbocycles. The van der Waals surface area contributed by atoms with Gasteiger partial charge in [-0.3, -0.25) is 19.2 Å². The number of methoxy groups -OCH3 is 1. The van der Waals surface area contributed by atoms with Crippen LogP contribution in [0.1, 0.15) is 134 Å². The molecule has 91 heavy (non-hydrogen) atoms. The number of aryl methyl sites for hydroxylation is 1. The van der Waals surface area contributed by atoms with Crippen LogP contribution in [0.25, 0.3) is 96.3 Å². The first-order chi connectivity index (χ1) is 43.9. The predicted octanol–water partition coefficient (Wildman–Crippen LogP) is 16.7. The summed E-state index contributed by atoms with van der Waals surface area (Å²) in [7, 11) is 6.78. The third-order valence-corrected chi connectivity index (χ3v) is 20.8. The summed E-state index contributed by atoms with van der Waals surface area (Å²) < 4.78 is 6.89. The maximum atomic E-state index is 12.8. The molecule has 0 aliphatic heterocycles. The van der Waals surface area contributed by atoms with Crippen LogP contribution in [0, 0.1) is 6.92 Å². The fourth-order valence-electron chi connectivity index (χ4n) is 10.1. The number of imidazole rings is 1. The number of carbonyl (C=O) groups excluding carboxylic acids is 5. The van der Waals surface area contributed by atoms with Crippen LogP contribution < -0.4 is 17.2 Å². The summed E-state index contributed by atoms with van der Waals surface area (Å²) in [5, 5.41) is 10.4. The van der Waals surface area contributed by atoms with E-state index >= 15 is 0 Å². The molecule has 24 heteroatoms. The van der Waals surface area contributed by atoms with E-state index in [4.69, 9.17) is 36.9 Å². The van der Waals surface area contributed by atoms with Crippen LogP contribution in [0.2, 0.25) is 0 Å². The van der Waals surface area contributed by atoms with Crippen molar-refractivity contribution in [1.82, 2.24) is 44.4 Å². The van der Waals surface area contributed by atoms with E-state index in [0.717, 1.165) is 125 Å². The summed E-state index contributed by atoms with van der Waals surface area (Å²) in [4.78, 5) is 100. The van der Waals surface area contributed by atoms with Gasteiger partial charge in [0.25, 0.3) is 5.91 Å². The van der Waals surface area contributed by atoms with Crippen molar-refractivity contribution >= 4 is 145 Å². The molecule has 0 unspecified atom stereocenters. The Balaban J connectivity index is 0.000000150. The van der Waals surface area contributed by atoms with Gasteiger partial charge in [0.2, 0.25) is 0 Å². The molecule has 6 N–H and O–H groups in total. The zero-order valence-corrected chi connectivity index (χ0v) is 56.3. The number of nitrogens with two attached hydrogens (primary N) is 3. The van der Waals surface area contributed by atoms with E-state index < -0.39 is 5.97 Å². The van der Waals surface area contributed by atoms with Crippen LogP contribution >= 0.6 is 68.0 Å². The van der Waals surface area contributed by atoms with E-state index in [1.54, 1.807) is 61.9 Å². The molecule has 2 aromatic carbocycles. The number of amides is 1. The second-order valence-electron chi connectivity index (χ2n) is 21.4. The Kier molecular flexibility index (Phi) is 20.8. The number of ether oxygens (including phenoxy) is 1. The van der Waals surface area contributed by atoms with E-state index in [1.165, 1.54) is 75.1 Å². The van der Waals surface area contributed by atoms with E-state index in [0.29, 0.717) is 77.4 Å². The number of hydrogen-bond acceptors (Lipinski definition) is 22. The molecule has 0 aliphatic rings. The van der Waals surface area contributed by atoms with Gasteiger partial charge in [-0.05, 0) is 90.9 Å². The SMILES string of the molecule is CCCCC(=O)c1sc2nc(-c3nccs3)cc(-c3cccc(C(=O)N(C)C)c3)c2c1N.CCCCC(=O)c1sc2nc(-c3nccs3)cc(-c3cccc(C(=O)OC)c3)c2c1N.CCCCC(=O)c1sc2nc(-c3nccs3)cc(-c3cnc(C)n3C)c2c1N. The summed E-state index contributed by atoms with van der Waals surface area (Å²) in [5.41, 5.74) is 29.3. The topological polar surface area (TPSA) is 271 Å². The maximum absolute atomic E-state index is 12.8. The fraction of sp³-hybridized carbons (Fsp3) is 0.254. The van der Waals surface area contributed by atoms with Crippen LogP contribution in [0.4, 0.5) is 17.1 Å². The molecule has 466 valence electrons. The molecule has 0 saturated carbocycles. The Morgan fingerprint density at radius 1 is 0.538 bits per heavy atom. The molecule has 10 aromatic heterocycles. The number of thiazole rings is 3. The van der Waals surface area contributed by atoms with Gasteiger partial charge in [-0.1, -0.05) is 64.3 Å². The normalized spacial score (nSPS) is 11.2. The van der Waals surface area contributed by atoms with Crippen LogP contribution in [0.3, 0.4) is 0 Å². The average molecular weight is 1330 g/mol. The molecule has 0 bridgehead atoms. The summed E-state index contributed by atoms with van der Waals surface area (Å²) in [6.45, 7) is 8.14. The molecule has 0 atom stereocenters. The quantitative estimate of drug-likeness (QED) is 0.0473. The van der Waals surface area contributed by atoms with E-state index in [9.17, 15) is 24.0 Å². The number of aromatic nitrogens is 8. The number of pyridine rings is 3. The lowest BCUT2D eigenvalue weighted by molar-refractivity contribution is 0.0600. The van der Waals surface area contributed by atoms with Crippen molar-refractivity contribution in [3.8, 4) is 65.6 Å². The molecule has 18 nitrogen and oxygen atoms in total. The highest BCUT2D eigenvalue weighted by Gasteiger charge is 2.27.